The molecule has 1 fully saturated rings. The fraction of sp³-hybridized carbons (Fsp3) is 1.00. The molecule has 1 rings (SSSR count). The summed E-state index contributed by atoms with van der Waals surface area (Å²) in [6.07, 6.45) is 2.00. The Morgan fingerprint density at radius 3 is 2.80 bits per heavy atom. The van der Waals surface area contributed by atoms with E-state index in [1.807, 2.05) is 0 Å². The second-order valence-corrected chi connectivity index (χ2v) is 2.93. The molecular formula is C7H16N2O. The van der Waals surface area contributed by atoms with E-state index in [0.29, 0.717) is 5.92 Å². The van der Waals surface area contributed by atoms with Crippen molar-refractivity contribution in [1.82, 2.24) is 5.32 Å². The molecule has 4 N–H and O–H groups in total. The summed E-state index contributed by atoms with van der Waals surface area (Å²) in [7, 11) is 0. The summed E-state index contributed by atoms with van der Waals surface area (Å²) in [6.45, 7) is 2.24. The third kappa shape index (κ3) is 1.94. The van der Waals surface area contributed by atoms with Gasteiger partial charge in [0, 0.05) is 12.6 Å². The van der Waals surface area contributed by atoms with Crippen molar-refractivity contribution in [2.45, 2.75) is 18.9 Å². The largest absolute Gasteiger partial charge is 0.396 e. The van der Waals surface area contributed by atoms with Crippen LogP contribution in [0.2, 0.25) is 0 Å². The molecule has 0 spiro atoms. The Balaban J connectivity index is 2.35. The first-order chi connectivity index (χ1) is 4.84. The zero-order valence-corrected chi connectivity index (χ0v) is 6.21. The number of aliphatic hydroxyl groups excluding tert-OH is 1. The highest BCUT2D eigenvalue weighted by molar-refractivity contribution is 4.77. The molecule has 0 aromatic heterocycles. The molecule has 0 bridgehead atoms. The summed E-state index contributed by atoms with van der Waals surface area (Å²) in [5, 5.41) is 12.1. The average molecular weight is 144 g/mol. The van der Waals surface area contributed by atoms with Crippen LogP contribution in [-0.4, -0.2) is 30.8 Å². The Kier molecular flexibility index (Phi) is 3.12. The Labute approximate surface area is 61.6 Å². The first-order valence-corrected chi connectivity index (χ1v) is 3.91. The first-order valence-electron chi connectivity index (χ1n) is 3.91. The van der Waals surface area contributed by atoms with E-state index >= 15 is 0 Å². The number of hydrogen-bond acceptors (Lipinski definition) is 3. The van der Waals surface area contributed by atoms with Gasteiger partial charge in [0.25, 0.3) is 0 Å². The second-order valence-electron chi connectivity index (χ2n) is 2.93. The minimum absolute atomic E-state index is 0.194. The van der Waals surface area contributed by atoms with Crippen molar-refractivity contribution in [2.75, 3.05) is 19.7 Å². The molecule has 60 valence electrons. The van der Waals surface area contributed by atoms with Gasteiger partial charge in [-0.1, -0.05) is 0 Å². The number of nitrogens with two attached hydrogens (primary N) is 1. The summed E-state index contributed by atoms with van der Waals surface area (Å²) in [4.78, 5) is 0. The van der Waals surface area contributed by atoms with Gasteiger partial charge in [0.05, 0.1) is 0 Å². The molecule has 2 atom stereocenters. The predicted octanol–water partition coefficient (Wildman–Crippen LogP) is -0.694. The van der Waals surface area contributed by atoms with Crippen molar-refractivity contribution in [3.05, 3.63) is 0 Å². The lowest BCUT2D eigenvalue weighted by Gasteiger charge is -2.17. The maximum Gasteiger partial charge on any atom is 0.0474 e. The van der Waals surface area contributed by atoms with Crippen molar-refractivity contribution >= 4 is 0 Å². The van der Waals surface area contributed by atoms with Crippen molar-refractivity contribution in [2.24, 2.45) is 11.7 Å². The Morgan fingerprint density at radius 1 is 1.40 bits per heavy atom. The number of nitrogens with one attached hydrogen (secondary N) is 1. The zero-order valence-electron chi connectivity index (χ0n) is 6.21. The van der Waals surface area contributed by atoms with Gasteiger partial charge in [0.1, 0.15) is 0 Å². The molecule has 1 aliphatic heterocycles. The van der Waals surface area contributed by atoms with Crippen LogP contribution in [-0.2, 0) is 0 Å². The molecule has 3 heteroatoms. The summed E-state index contributed by atoms with van der Waals surface area (Å²) in [6, 6.07) is 0.194. The molecule has 1 saturated heterocycles. The van der Waals surface area contributed by atoms with Gasteiger partial charge in [0.15, 0.2) is 0 Å². The molecule has 0 amide bonds. The average Bonchev–Trinajstić information content (AvgIpc) is 2.13. The minimum Gasteiger partial charge on any atom is -0.396 e. The Morgan fingerprint density at radius 2 is 2.10 bits per heavy atom. The van der Waals surface area contributed by atoms with Crippen LogP contribution in [0, 0.1) is 5.92 Å². The van der Waals surface area contributed by atoms with E-state index in [2.05, 4.69) is 5.32 Å². The van der Waals surface area contributed by atoms with Crippen molar-refractivity contribution in [3.63, 3.8) is 0 Å². The molecule has 0 aromatic rings. The van der Waals surface area contributed by atoms with Crippen LogP contribution < -0.4 is 11.1 Å². The van der Waals surface area contributed by atoms with Crippen LogP contribution in [0.3, 0.4) is 0 Å². The lowest BCUT2D eigenvalue weighted by molar-refractivity contribution is 0.200. The van der Waals surface area contributed by atoms with Gasteiger partial charge < -0.3 is 16.2 Å². The smallest absolute Gasteiger partial charge is 0.0474 e. The van der Waals surface area contributed by atoms with E-state index in [0.717, 1.165) is 25.9 Å². The van der Waals surface area contributed by atoms with Crippen LogP contribution in [0.1, 0.15) is 12.8 Å². The van der Waals surface area contributed by atoms with Crippen LogP contribution >= 0.6 is 0 Å². The molecular weight excluding hydrogens is 128 g/mol. The molecule has 0 saturated carbocycles. The van der Waals surface area contributed by atoms with Crippen molar-refractivity contribution in [1.29, 1.82) is 0 Å². The van der Waals surface area contributed by atoms with Gasteiger partial charge in [0.2, 0.25) is 0 Å². The highest BCUT2D eigenvalue weighted by Gasteiger charge is 2.18. The van der Waals surface area contributed by atoms with Crippen molar-refractivity contribution < 1.29 is 5.11 Å². The van der Waals surface area contributed by atoms with Crippen LogP contribution in [0.15, 0.2) is 0 Å². The van der Waals surface area contributed by atoms with E-state index in [-0.39, 0.29) is 12.6 Å². The number of rotatable bonds is 1. The maximum absolute atomic E-state index is 8.88. The standard InChI is InChI=1S/C7H16N2O/c8-7-2-4-9-3-1-6(7)5-10/h6-7,9-10H,1-5,8H2. The van der Waals surface area contributed by atoms with E-state index < -0.39 is 0 Å². The molecule has 1 heterocycles. The normalized spacial score (nSPS) is 35.4. The molecule has 0 aliphatic carbocycles. The second kappa shape index (κ2) is 3.91. The number of hydrogen-bond donors (Lipinski definition) is 3. The van der Waals surface area contributed by atoms with Gasteiger partial charge in [-0.3, -0.25) is 0 Å². The molecule has 0 radical (unpaired) electrons. The molecule has 2 unspecified atom stereocenters. The summed E-state index contributed by atoms with van der Waals surface area (Å²) in [5.41, 5.74) is 5.79. The van der Waals surface area contributed by atoms with E-state index in [1.54, 1.807) is 0 Å². The van der Waals surface area contributed by atoms with Crippen molar-refractivity contribution in [3.8, 4) is 0 Å². The summed E-state index contributed by atoms with van der Waals surface area (Å²) in [5.74, 6) is 0.315. The Bertz CT molecular complexity index is 97.6. The fourth-order valence-corrected chi connectivity index (χ4v) is 1.36. The topological polar surface area (TPSA) is 58.3 Å². The van der Waals surface area contributed by atoms with Gasteiger partial charge >= 0.3 is 0 Å². The molecule has 10 heavy (non-hydrogen) atoms. The van der Waals surface area contributed by atoms with Crippen LogP contribution in [0.25, 0.3) is 0 Å². The minimum atomic E-state index is 0.194. The summed E-state index contributed by atoms with van der Waals surface area (Å²) >= 11 is 0. The van der Waals surface area contributed by atoms with Gasteiger partial charge in [-0.15, -0.1) is 0 Å². The fourth-order valence-electron chi connectivity index (χ4n) is 1.36. The number of aliphatic hydroxyl groups is 1. The van der Waals surface area contributed by atoms with Crippen LogP contribution in [0.5, 0.6) is 0 Å². The van der Waals surface area contributed by atoms with E-state index in [1.165, 1.54) is 0 Å². The Hall–Kier alpha value is -0.120. The van der Waals surface area contributed by atoms with Gasteiger partial charge in [-0.05, 0) is 31.8 Å². The molecule has 1 aliphatic rings. The highest BCUT2D eigenvalue weighted by atomic mass is 16.3. The lowest BCUT2D eigenvalue weighted by atomic mass is 9.97. The molecule has 0 aromatic carbocycles. The van der Waals surface area contributed by atoms with E-state index in [9.17, 15) is 0 Å². The third-order valence-corrected chi connectivity index (χ3v) is 2.19. The third-order valence-electron chi connectivity index (χ3n) is 2.19. The predicted molar refractivity (Wildman–Crippen MR) is 40.7 cm³/mol. The van der Waals surface area contributed by atoms with E-state index in [4.69, 9.17) is 10.8 Å². The SMILES string of the molecule is NC1CCNCCC1CO. The maximum atomic E-state index is 8.88. The quantitative estimate of drug-likeness (QED) is 0.456. The zero-order chi connectivity index (χ0) is 7.40. The molecule has 3 nitrogen and oxygen atoms in total. The van der Waals surface area contributed by atoms with Gasteiger partial charge in [-0.25, -0.2) is 0 Å². The lowest BCUT2D eigenvalue weighted by Crippen LogP contribution is -2.32. The highest BCUT2D eigenvalue weighted by Crippen LogP contribution is 2.10. The van der Waals surface area contributed by atoms with Gasteiger partial charge in [-0.2, -0.15) is 0 Å². The van der Waals surface area contributed by atoms with Crippen LogP contribution in [0.4, 0.5) is 0 Å². The monoisotopic (exact) mass is 144 g/mol. The summed E-state index contributed by atoms with van der Waals surface area (Å²) < 4.78 is 0. The first kappa shape index (κ1) is 7.98.